The minimum absolute atomic E-state index is 0.00537. The van der Waals surface area contributed by atoms with Gasteiger partial charge in [-0.25, -0.2) is 4.79 Å². The van der Waals surface area contributed by atoms with Crippen LogP contribution < -0.4 is 10.1 Å². The van der Waals surface area contributed by atoms with Crippen molar-refractivity contribution in [1.29, 1.82) is 0 Å². The fraction of sp³-hybridized carbons (Fsp3) is 0.118. The summed E-state index contributed by atoms with van der Waals surface area (Å²) < 4.78 is 10.1. The summed E-state index contributed by atoms with van der Waals surface area (Å²) in [5.74, 6) is -2.00. The van der Waals surface area contributed by atoms with Crippen LogP contribution in [0.5, 0.6) is 17.2 Å². The maximum atomic E-state index is 12.1. The van der Waals surface area contributed by atoms with Crippen LogP contribution in [0.15, 0.2) is 36.4 Å². The van der Waals surface area contributed by atoms with Crippen LogP contribution in [0.4, 0.5) is 5.69 Å². The van der Waals surface area contributed by atoms with Crippen LogP contribution >= 0.6 is 0 Å². The van der Waals surface area contributed by atoms with Crippen LogP contribution in [0.3, 0.4) is 0 Å². The number of phenols is 2. The number of nitrogens with one attached hydrogen (secondary N) is 1. The van der Waals surface area contributed by atoms with Gasteiger partial charge in [0.15, 0.2) is 30.5 Å². The standard InChI is InChI=1S/C17H13NO7/c19-12-3-1-10(6-13(12)20)17(23)25-7-14(21)9-2-4-15-11(5-9)18-16(22)8-24-15/h1-6,19-20H,7-8H2,(H,18,22). The highest BCUT2D eigenvalue weighted by Gasteiger charge is 2.19. The molecule has 128 valence electrons. The third-order valence-electron chi connectivity index (χ3n) is 3.48. The molecule has 3 N–H and O–H groups in total. The molecule has 0 spiro atoms. The lowest BCUT2D eigenvalue weighted by molar-refractivity contribution is -0.118. The monoisotopic (exact) mass is 343 g/mol. The first-order valence-electron chi connectivity index (χ1n) is 7.23. The number of rotatable bonds is 4. The third-order valence-corrected chi connectivity index (χ3v) is 3.48. The van der Waals surface area contributed by atoms with Crippen LogP contribution in [0.2, 0.25) is 0 Å². The molecular weight excluding hydrogens is 330 g/mol. The summed E-state index contributed by atoms with van der Waals surface area (Å²) in [6.07, 6.45) is 0. The molecule has 0 unspecified atom stereocenters. The first kappa shape index (κ1) is 16.3. The quantitative estimate of drug-likeness (QED) is 0.436. The Morgan fingerprint density at radius 2 is 1.84 bits per heavy atom. The van der Waals surface area contributed by atoms with Crippen LogP contribution in [-0.4, -0.2) is 41.1 Å². The Balaban J connectivity index is 1.66. The predicted octanol–water partition coefficient (Wildman–Crippen LogP) is 1.47. The largest absolute Gasteiger partial charge is 0.504 e. The van der Waals surface area contributed by atoms with E-state index in [4.69, 9.17) is 9.47 Å². The number of carbonyl (C=O) groups excluding carboxylic acids is 3. The Morgan fingerprint density at radius 3 is 2.60 bits per heavy atom. The topological polar surface area (TPSA) is 122 Å². The molecule has 8 heteroatoms. The molecule has 0 bridgehead atoms. The highest BCUT2D eigenvalue weighted by Crippen LogP contribution is 2.29. The number of Topliss-reactive ketones (excluding diaryl/α,β-unsaturated/α-hetero) is 1. The number of anilines is 1. The van der Waals surface area contributed by atoms with E-state index in [-0.39, 0.29) is 29.4 Å². The molecule has 0 saturated carbocycles. The average Bonchev–Trinajstić information content (AvgIpc) is 2.61. The van der Waals surface area contributed by atoms with Crippen molar-refractivity contribution in [3.8, 4) is 17.2 Å². The van der Waals surface area contributed by atoms with Crippen molar-refractivity contribution >= 4 is 23.3 Å². The number of hydrogen-bond donors (Lipinski definition) is 3. The van der Waals surface area contributed by atoms with E-state index in [1.54, 1.807) is 6.07 Å². The third kappa shape index (κ3) is 3.52. The number of fused-ring (bicyclic) bond motifs is 1. The highest BCUT2D eigenvalue weighted by molar-refractivity contribution is 6.02. The maximum absolute atomic E-state index is 12.1. The van der Waals surface area contributed by atoms with Crippen molar-refractivity contribution in [2.24, 2.45) is 0 Å². The van der Waals surface area contributed by atoms with E-state index in [1.807, 2.05) is 0 Å². The molecule has 1 aliphatic heterocycles. The number of benzene rings is 2. The SMILES string of the molecule is O=C1COc2ccc(C(=O)COC(=O)c3ccc(O)c(O)c3)cc2N1. The van der Waals surface area contributed by atoms with E-state index < -0.39 is 24.1 Å². The fourth-order valence-electron chi connectivity index (χ4n) is 2.20. The highest BCUT2D eigenvalue weighted by atomic mass is 16.5. The minimum atomic E-state index is -0.821. The van der Waals surface area contributed by atoms with Crippen molar-refractivity contribution in [1.82, 2.24) is 0 Å². The molecule has 25 heavy (non-hydrogen) atoms. The first-order valence-corrected chi connectivity index (χ1v) is 7.23. The number of amides is 1. The van der Waals surface area contributed by atoms with Gasteiger partial charge >= 0.3 is 5.97 Å². The van der Waals surface area contributed by atoms with E-state index in [9.17, 15) is 24.6 Å². The van der Waals surface area contributed by atoms with Crippen molar-refractivity contribution in [2.45, 2.75) is 0 Å². The van der Waals surface area contributed by atoms with Crippen molar-refractivity contribution < 1.29 is 34.1 Å². The Kier molecular flexibility index (Phi) is 4.25. The van der Waals surface area contributed by atoms with Gasteiger partial charge in [0.2, 0.25) is 0 Å². The number of phenolic OH excluding ortho intramolecular Hbond substituents is 2. The van der Waals surface area contributed by atoms with E-state index in [1.165, 1.54) is 18.2 Å². The van der Waals surface area contributed by atoms with Gasteiger partial charge in [0.05, 0.1) is 11.3 Å². The van der Waals surface area contributed by atoms with E-state index in [2.05, 4.69) is 5.32 Å². The number of ether oxygens (including phenoxy) is 2. The van der Waals surface area contributed by atoms with Gasteiger partial charge < -0.3 is 25.0 Å². The number of carbonyl (C=O) groups is 3. The number of hydrogen-bond acceptors (Lipinski definition) is 7. The summed E-state index contributed by atoms with van der Waals surface area (Å²) in [5.41, 5.74) is 0.608. The summed E-state index contributed by atoms with van der Waals surface area (Å²) in [6.45, 7) is -0.606. The molecule has 1 aliphatic rings. The van der Waals surface area contributed by atoms with Gasteiger partial charge in [-0.15, -0.1) is 0 Å². The zero-order valence-electron chi connectivity index (χ0n) is 12.8. The molecule has 0 atom stereocenters. The minimum Gasteiger partial charge on any atom is -0.504 e. The number of ketones is 1. The second kappa shape index (κ2) is 6.52. The van der Waals surface area contributed by atoms with E-state index >= 15 is 0 Å². The molecule has 0 radical (unpaired) electrons. The summed E-state index contributed by atoms with van der Waals surface area (Å²) >= 11 is 0. The van der Waals surface area contributed by atoms with Gasteiger partial charge in [-0.2, -0.15) is 0 Å². The van der Waals surface area contributed by atoms with Crippen molar-refractivity contribution in [3.05, 3.63) is 47.5 Å². The molecule has 0 saturated heterocycles. The Labute approximate surface area is 141 Å². The first-order chi connectivity index (χ1) is 11.9. The lowest BCUT2D eigenvalue weighted by Gasteiger charge is -2.18. The number of esters is 1. The summed E-state index contributed by atoms with van der Waals surface area (Å²) in [5, 5.41) is 21.2. The van der Waals surface area contributed by atoms with Gasteiger partial charge in [-0.3, -0.25) is 9.59 Å². The Bertz CT molecular complexity index is 875. The summed E-state index contributed by atoms with van der Waals surface area (Å²) in [7, 11) is 0. The second-order valence-electron chi connectivity index (χ2n) is 5.25. The normalized spacial score (nSPS) is 12.6. The molecule has 0 aromatic heterocycles. The molecule has 1 amide bonds. The summed E-state index contributed by atoms with van der Waals surface area (Å²) in [4.78, 5) is 35.3. The molecule has 8 nitrogen and oxygen atoms in total. The van der Waals surface area contributed by atoms with E-state index in [0.29, 0.717) is 11.4 Å². The predicted molar refractivity (Wildman–Crippen MR) is 85.0 cm³/mol. The van der Waals surface area contributed by atoms with Gasteiger partial charge in [0, 0.05) is 5.56 Å². The molecule has 1 heterocycles. The zero-order valence-corrected chi connectivity index (χ0v) is 12.8. The lowest BCUT2D eigenvalue weighted by atomic mass is 10.1. The maximum Gasteiger partial charge on any atom is 0.338 e. The summed E-state index contributed by atoms with van der Waals surface area (Å²) in [6, 6.07) is 7.91. The van der Waals surface area contributed by atoms with Gasteiger partial charge in [-0.1, -0.05) is 0 Å². The van der Waals surface area contributed by atoms with Crippen LogP contribution in [0.1, 0.15) is 20.7 Å². The number of aromatic hydroxyl groups is 2. The van der Waals surface area contributed by atoms with Crippen LogP contribution in [0.25, 0.3) is 0 Å². The Hall–Kier alpha value is -3.55. The second-order valence-corrected chi connectivity index (χ2v) is 5.25. The van der Waals surface area contributed by atoms with Crippen molar-refractivity contribution in [2.75, 3.05) is 18.5 Å². The smallest absolute Gasteiger partial charge is 0.338 e. The Morgan fingerprint density at radius 1 is 1.08 bits per heavy atom. The van der Waals surface area contributed by atoms with Gasteiger partial charge in [-0.05, 0) is 36.4 Å². The van der Waals surface area contributed by atoms with E-state index in [0.717, 1.165) is 12.1 Å². The molecule has 0 aliphatic carbocycles. The zero-order chi connectivity index (χ0) is 18.0. The van der Waals surface area contributed by atoms with Gasteiger partial charge in [0.1, 0.15) is 5.75 Å². The van der Waals surface area contributed by atoms with Gasteiger partial charge in [0.25, 0.3) is 5.91 Å². The molecular formula is C17H13NO7. The van der Waals surface area contributed by atoms with Crippen LogP contribution in [-0.2, 0) is 9.53 Å². The molecule has 2 aromatic rings. The lowest BCUT2D eigenvalue weighted by Crippen LogP contribution is -2.25. The van der Waals surface area contributed by atoms with Crippen molar-refractivity contribution in [3.63, 3.8) is 0 Å². The molecule has 0 fully saturated rings. The molecule has 3 rings (SSSR count). The molecule has 2 aromatic carbocycles. The fourth-order valence-corrected chi connectivity index (χ4v) is 2.20. The average molecular weight is 343 g/mol. The van der Waals surface area contributed by atoms with Crippen LogP contribution in [0, 0.1) is 0 Å².